The van der Waals surface area contributed by atoms with Gasteiger partial charge in [-0.2, -0.15) is 11.8 Å². The SMILES string of the molecule is Cc1nc(CC(=O)C2CSCCS2)sc1C. The van der Waals surface area contributed by atoms with Crippen molar-refractivity contribution in [3.8, 4) is 0 Å². The largest absolute Gasteiger partial charge is 0.298 e. The molecule has 5 heteroatoms. The first-order chi connectivity index (χ1) is 7.66. The van der Waals surface area contributed by atoms with Crippen LogP contribution in [0.1, 0.15) is 15.6 Å². The Labute approximate surface area is 109 Å². The number of hydrogen-bond donors (Lipinski definition) is 0. The maximum atomic E-state index is 12.0. The van der Waals surface area contributed by atoms with Gasteiger partial charge in [-0.25, -0.2) is 4.98 Å². The molecule has 0 aromatic carbocycles. The third-order valence-electron chi connectivity index (χ3n) is 2.57. The molecule has 1 unspecified atom stereocenters. The van der Waals surface area contributed by atoms with Crippen LogP contribution in [0.25, 0.3) is 0 Å². The third kappa shape index (κ3) is 3.02. The van der Waals surface area contributed by atoms with Crippen LogP contribution in [0, 0.1) is 13.8 Å². The van der Waals surface area contributed by atoms with Crippen molar-refractivity contribution in [1.29, 1.82) is 0 Å². The van der Waals surface area contributed by atoms with Gasteiger partial charge in [0.2, 0.25) is 0 Å². The number of carbonyl (C=O) groups excluding carboxylic acids is 1. The van der Waals surface area contributed by atoms with Crippen LogP contribution in [0.15, 0.2) is 0 Å². The lowest BCUT2D eigenvalue weighted by Gasteiger charge is -2.18. The number of carbonyl (C=O) groups is 1. The second-order valence-electron chi connectivity index (χ2n) is 3.83. The van der Waals surface area contributed by atoms with E-state index in [1.807, 2.05) is 30.4 Å². The number of Topliss-reactive ketones (excluding diaryl/α,β-unsaturated/α-hetero) is 1. The van der Waals surface area contributed by atoms with Gasteiger partial charge in [0.1, 0.15) is 5.01 Å². The minimum absolute atomic E-state index is 0.197. The van der Waals surface area contributed by atoms with E-state index >= 15 is 0 Å². The monoisotopic (exact) mass is 273 g/mol. The fraction of sp³-hybridized carbons (Fsp3) is 0.636. The molecule has 0 amide bonds. The van der Waals surface area contributed by atoms with E-state index in [1.165, 1.54) is 10.6 Å². The van der Waals surface area contributed by atoms with Crippen molar-refractivity contribution in [3.63, 3.8) is 0 Å². The predicted octanol–water partition coefficient (Wildman–Crippen LogP) is 2.72. The Hall–Kier alpha value is -0.0000000000000000833. The van der Waals surface area contributed by atoms with Gasteiger partial charge in [0.25, 0.3) is 0 Å². The van der Waals surface area contributed by atoms with Gasteiger partial charge in [-0.05, 0) is 13.8 Å². The smallest absolute Gasteiger partial charge is 0.153 e. The van der Waals surface area contributed by atoms with Gasteiger partial charge in [-0.15, -0.1) is 23.1 Å². The zero-order valence-electron chi connectivity index (χ0n) is 9.49. The summed E-state index contributed by atoms with van der Waals surface area (Å²) in [5, 5.41) is 1.18. The number of hydrogen-bond acceptors (Lipinski definition) is 5. The zero-order chi connectivity index (χ0) is 11.5. The molecule has 88 valence electrons. The van der Waals surface area contributed by atoms with Crippen LogP contribution in [0.5, 0.6) is 0 Å². The van der Waals surface area contributed by atoms with Crippen molar-refractivity contribution in [1.82, 2.24) is 4.98 Å². The molecule has 1 atom stereocenters. The average molecular weight is 273 g/mol. The van der Waals surface area contributed by atoms with E-state index in [4.69, 9.17) is 0 Å². The molecule has 0 saturated carbocycles. The Bertz CT molecular complexity index is 363. The summed E-state index contributed by atoms with van der Waals surface area (Å²) >= 11 is 5.36. The van der Waals surface area contributed by atoms with Crippen molar-refractivity contribution < 1.29 is 4.79 Å². The molecule has 0 radical (unpaired) electrons. The first-order valence-corrected chi connectivity index (χ1v) is 8.34. The highest BCUT2D eigenvalue weighted by atomic mass is 32.2. The van der Waals surface area contributed by atoms with Gasteiger partial charge in [0.15, 0.2) is 5.78 Å². The summed E-state index contributed by atoms with van der Waals surface area (Å²) in [6.07, 6.45) is 0.525. The third-order valence-corrected chi connectivity index (χ3v) is 6.45. The van der Waals surface area contributed by atoms with E-state index in [1.54, 1.807) is 11.3 Å². The van der Waals surface area contributed by atoms with Crippen LogP contribution < -0.4 is 0 Å². The van der Waals surface area contributed by atoms with Gasteiger partial charge in [0.05, 0.1) is 17.4 Å². The molecule has 2 nitrogen and oxygen atoms in total. The van der Waals surface area contributed by atoms with Gasteiger partial charge in [-0.3, -0.25) is 4.79 Å². The Morgan fingerprint density at radius 2 is 2.25 bits per heavy atom. The van der Waals surface area contributed by atoms with Crippen LogP contribution in [0.4, 0.5) is 0 Å². The molecule has 0 aliphatic carbocycles. The summed E-state index contributed by atoms with van der Waals surface area (Å²) in [6.45, 7) is 4.07. The lowest BCUT2D eigenvalue weighted by atomic mass is 10.2. The topological polar surface area (TPSA) is 30.0 Å². The normalized spacial score (nSPS) is 21.0. The highest BCUT2D eigenvalue weighted by Crippen LogP contribution is 2.26. The first kappa shape index (κ1) is 12.5. The van der Waals surface area contributed by atoms with Crippen LogP contribution in [-0.4, -0.2) is 33.3 Å². The summed E-state index contributed by atoms with van der Waals surface area (Å²) < 4.78 is 0. The quantitative estimate of drug-likeness (QED) is 0.847. The molecule has 1 saturated heterocycles. The molecule has 1 aromatic rings. The Morgan fingerprint density at radius 1 is 1.44 bits per heavy atom. The van der Waals surface area contributed by atoms with Crippen LogP contribution >= 0.6 is 34.9 Å². The standard InChI is InChI=1S/C11H15NOS3/c1-7-8(2)16-11(12-7)5-9(13)10-6-14-3-4-15-10/h10H,3-6H2,1-2H3. The zero-order valence-corrected chi connectivity index (χ0v) is 11.9. The Balaban J connectivity index is 1.95. The minimum Gasteiger partial charge on any atom is -0.298 e. The fourth-order valence-corrected chi connectivity index (χ4v) is 5.15. The van der Waals surface area contributed by atoms with Crippen LogP contribution in [0.3, 0.4) is 0 Å². The number of aromatic nitrogens is 1. The molecular weight excluding hydrogens is 258 g/mol. The van der Waals surface area contributed by atoms with E-state index in [2.05, 4.69) is 11.9 Å². The van der Waals surface area contributed by atoms with Crippen molar-refractivity contribution >= 4 is 40.6 Å². The summed E-state index contributed by atoms with van der Waals surface area (Å²) in [5.74, 6) is 3.62. The summed E-state index contributed by atoms with van der Waals surface area (Å²) in [4.78, 5) is 17.7. The molecule has 1 aromatic heterocycles. The van der Waals surface area contributed by atoms with Crippen molar-refractivity contribution in [2.45, 2.75) is 25.5 Å². The molecule has 16 heavy (non-hydrogen) atoms. The fourth-order valence-electron chi connectivity index (χ4n) is 1.55. The van der Waals surface area contributed by atoms with E-state index < -0.39 is 0 Å². The molecular formula is C11H15NOS3. The second-order valence-corrected chi connectivity index (χ2v) is 7.57. The van der Waals surface area contributed by atoms with Crippen molar-refractivity contribution in [2.75, 3.05) is 17.3 Å². The molecule has 0 spiro atoms. The number of thioether (sulfide) groups is 2. The van der Waals surface area contributed by atoms with Gasteiger partial charge in [-0.1, -0.05) is 0 Å². The van der Waals surface area contributed by atoms with Crippen molar-refractivity contribution in [3.05, 3.63) is 15.6 Å². The molecule has 1 fully saturated rings. The maximum absolute atomic E-state index is 12.0. The number of ketones is 1. The highest BCUT2D eigenvalue weighted by molar-refractivity contribution is 8.07. The predicted molar refractivity (Wildman–Crippen MR) is 73.9 cm³/mol. The van der Waals surface area contributed by atoms with Crippen molar-refractivity contribution in [2.24, 2.45) is 0 Å². The maximum Gasteiger partial charge on any atom is 0.153 e. The number of thiazole rings is 1. The van der Waals surface area contributed by atoms with Crippen LogP contribution in [0.2, 0.25) is 0 Å². The van der Waals surface area contributed by atoms with Gasteiger partial charge < -0.3 is 0 Å². The lowest BCUT2D eigenvalue weighted by molar-refractivity contribution is -0.117. The summed E-state index contributed by atoms with van der Waals surface area (Å²) in [7, 11) is 0. The summed E-state index contributed by atoms with van der Waals surface area (Å²) in [5.41, 5.74) is 1.07. The minimum atomic E-state index is 0.197. The van der Waals surface area contributed by atoms with E-state index in [0.29, 0.717) is 12.2 Å². The lowest BCUT2D eigenvalue weighted by Crippen LogP contribution is -2.25. The number of rotatable bonds is 3. The number of aryl methyl sites for hydroxylation is 2. The second kappa shape index (κ2) is 5.56. The van der Waals surface area contributed by atoms with E-state index in [-0.39, 0.29) is 5.25 Å². The molecule has 2 heterocycles. The van der Waals surface area contributed by atoms with E-state index in [0.717, 1.165) is 22.2 Å². The molecule has 0 N–H and O–H groups in total. The Kier molecular flexibility index (Phi) is 4.33. The van der Waals surface area contributed by atoms with Crippen LogP contribution in [-0.2, 0) is 11.2 Å². The Morgan fingerprint density at radius 3 is 2.81 bits per heavy atom. The average Bonchev–Trinajstić information content (AvgIpc) is 2.59. The first-order valence-electron chi connectivity index (χ1n) is 5.32. The molecule has 1 aliphatic rings. The van der Waals surface area contributed by atoms with Gasteiger partial charge >= 0.3 is 0 Å². The van der Waals surface area contributed by atoms with E-state index in [9.17, 15) is 4.79 Å². The molecule has 2 rings (SSSR count). The van der Waals surface area contributed by atoms with Gasteiger partial charge in [0, 0.05) is 22.1 Å². The number of nitrogens with zero attached hydrogens (tertiary/aromatic N) is 1. The molecule has 1 aliphatic heterocycles. The highest BCUT2D eigenvalue weighted by Gasteiger charge is 2.23. The summed E-state index contributed by atoms with van der Waals surface area (Å²) in [6, 6.07) is 0. The molecule has 0 bridgehead atoms.